The van der Waals surface area contributed by atoms with E-state index in [0.717, 1.165) is 21.7 Å². The predicted molar refractivity (Wildman–Crippen MR) is 122 cm³/mol. The number of nitrogens with one attached hydrogen (secondary N) is 1. The zero-order valence-corrected chi connectivity index (χ0v) is 19.9. The van der Waals surface area contributed by atoms with Gasteiger partial charge in [-0.1, -0.05) is 40.0 Å². The molecule has 0 spiro atoms. The summed E-state index contributed by atoms with van der Waals surface area (Å²) < 4.78 is 0. The van der Waals surface area contributed by atoms with Crippen molar-refractivity contribution in [1.29, 1.82) is 0 Å². The Morgan fingerprint density at radius 2 is 1.87 bits per heavy atom. The molecule has 2 aromatic rings. The molecule has 3 rings (SSSR count). The number of aryl methyl sites for hydroxylation is 1. The van der Waals surface area contributed by atoms with Crippen LogP contribution in [0.25, 0.3) is 0 Å². The number of benzene rings is 1. The van der Waals surface area contributed by atoms with Crippen molar-refractivity contribution in [1.82, 2.24) is 5.32 Å². The molecule has 160 valence electrons. The molecule has 5 nitrogen and oxygen atoms in total. The van der Waals surface area contributed by atoms with Gasteiger partial charge in [0.1, 0.15) is 5.71 Å². The van der Waals surface area contributed by atoms with Gasteiger partial charge in [-0.3, -0.25) is 9.59 Å². The molecule has 0 radical (unpaired) electrons. The van der Waals surface area contributed by atoms with Crippen LogP contribution in [0.1, 0.15) is 58.8 Å². The minimum atomic E-state index is -0.743. The molecule has 1 atom stereocenters. The summed E-state index contributed by atoms with van der Waals surface area (Å²) in [5.74, 6) is -0.168. The van der Waals surface area contributed by atoms with E-state index in [4.69, 9.17) is 39.6 Å². The first-order valence-electron chi connectivity index (χ1n) is 9.45. The minimum absolute atomic E-state index is 0.0476. The fraction of sp³-hybridized carbons (Fsp3) is 0.381. The second kappa shape index (κ2) is 9.27. The lowest BCUT2D eigenvalue weighted by atomic mass is 9.90. The Bertz CT molecular complexity index is 1010. The molecule has 2 heterocycles. The van der Waals surface area contributed by atoms with E-state index < -0.39 is 5.60 Å². The van der Waals surface area contributed by atoms with E-state index in [1.807, 2.05) is 26.8 Å². The van der Waals surface area contributed by atoms with Gasteiger partial charge < -0.3 is 10.2 Å². The molecule has 1 amide bonds. The van der Waals surface area contributed by atoms with Crippen molar-refractivity contribution in [3.63, 3.8) is 0 Å². The summed E-state index contributed by atoms with van der Waals surface area (Å²) in [5, 5.41) is 7.97. The van der Waals surface area contributed by atoms with E-state index in [0.29, 0.717) is 32.9 Å². The van der Waals surface area contributed by atoms with Gasteiger partial charge in [0.25, 0.3) is 0 Å². The van der Waals surface area contributed by atoms with Crippen LogP contribution in [0, 0.1) is 6.92 Å². The van der Waals surface area contributed by atoms with Gasteiger partial charge in [0, 0.05) is 31.4 Å². The fourth-order valence-corrected chi connectivity index (χ4v) is 4.93. The average molecular weight is 488 g/mol. The number of carbonyl (C=O) groups is 2. The van der Waals surface area contributed by atoms with Crippen LogP contribution in [0.5, 0.6) is 0 Å². The van der Waals surface area contributed by atoms with Gasteiger partial charge in [0.05, 0.1) is 24.8 Å². The Kier molecular flexibility index (Phi) is 7.13. The highest BCUT2D eigenvalue weighted by Gasteiger charge is 2.38. The zero-order chi connectivity index (χ0) is 22.1. The highest BCUT2D eigenvalue weighted by Crippen LogP contribution is 2.42. The number of halogens is 3. The maximum absolute atomic E-state index is 12.6. The number of amides is 1. The lowest BCUT2D eigenvalue weighted by Crippen LogP contribution is -2.23. The molecule has 0 saturated carbocycles. The third kappa shape index (κ3) is 4.83. The Labute approximate surface area is 194 Å². The first-order chi connectivity index (χ1) is 14.1. The van der Waals surface area contributed by atoms with E-state index >= 15 is 0 Å². The SMILES string of the molecule is CCNC(=O)CCC(=O)c1sc(C2=NO[C@](C)(c3cc(Cl)c(Cl)c(Cl)c3)C2)cc1C. The van der Waals surface area contributed by atoms with Gasteiger partial charge in [0.2, 0.25) is 5.91 Å². The van der Waals surface area contributed by atoms with Crippen LogP contribution in [-0.4, -0.2) is 23.9 Å². The normalized spacial score (nSPS) is 18.1. The number of nitrogens with zero attached hydrogens (tertiary/aromatic N) is 1. The summed E-state index contributed by atoms with van der Waals surface area (Å²) in [7, 11) is 0. The minimum Gasteiger partial charge on any atom is -0.384 e. The van der Waals surface area contributed by atoms with Crippen LogP contribution in [0.2, 0.25) is 15.1 Å². The summed E-state index contributed by atoms with van der Waals surface area (Å²) in [4.78, 5) is 31.5. The molecular weight excluding hydrogens is 467 g/mol. The average Bonchev–Trinajstić information content (AvgIpc) is 3.28. The molecule has 0 aliphatic carbocycles. The van der Waals surface area contributed by atoms with Crippen molar-refractivity contribution >= 4 is 63.5 Å². The largest absolute Gasteiger partial charge is 0.384 e. The molecular formula is C21H21Cl3N2O3S. The second-order valence-electron chi connectivity index (χ2n) is 7.29. The van der Waals surface area contributed by atoms with Crippen LogP contribution in [0.15, 0.2) is 23.4 Å². The molecule has 1 aromatic carbocycles. The lowest BCUT2D eigenvalue weighted by molar-refractivity contribution is -0.120. The molecule has 1 aliphatic rings. The van der Waals surface area contributed by atoms with E-state index in [9.17, 15) is 9.59 Å². The van der Waals surface area contributed by atoms with E-state index in [2.05, 4.69) is 10.5 Å². The first kappa shape index (κ1) is 23.1. The van der Waals surface area contributed by atoms with E-state index in [1.165, 1.54) is 11.3 Å². The smallest absolute Gasteiger partial charge is 0.220 e. The van der Waals surface area contributed by atoms with Crippen LogP contribution in [0.4, 0.5) is 0 Å². The van der Waals surface area contributed by atoms with Crippen molar-refractivity contribution in [3.05, 3.63) is 54.1 Å². The molecule has 1 aliphatic heterocycles. The molecule has 0 saturated heterocycles. The number of hydrogen-bond acceptors (Lipinski definition) is 5. The Balaban J connectivity index is 1.75. The molecule has 1 N–H and O–H groups in total. The Morgan fingerprint density at radius 1 is 1.20 bits per heavy atom. The molecule has 9 heteroatoms. The number of Topliss-reactive ketones (excluding diaryl/α,β-unsaturated/α-hetero) is 1. The van der Waals surface area contributed by atoms with Gasteiger partial charge in [-0.15, -0.1) is 11.3 Å². The third-order valence-electron chi connectivity index (χ3n) is 4.87. The summed E-state index contributed by atoms with van der Waals surface area (Å²) in [6.45, 7) is 6.18. The lowest BCUT2D eigenvalue weighted by Gasteiger charge is -2.22. The van der Waals surface area contributed by atoms with Crippen molar-refractivity contribution in [2.75, 3.05) is 6.54 Å². The van der Waals surface area contributed by atoms with Gasteiger partial charge in [-0.2, -0.15) is 0 Å². The zero-order valence-electron chi connectivity index (χ0n) is 16.8. The summed E-state index contributed by atoms with van der Waals surface area (Å²) in [6.07, 6.45) is 0.850. The van der Waals surface area contributed by atoms with Gasteiger partial charge in [-0.25, -0.2) is 0 Å². The maximum Gasteiger partial charge on any atom is 0.220 e. The van der Waals surface area contributed by atoms with Crippen LogP contribution in [0.3, 0.4) is 0 Å². The molecule has 0 fully saturated rings. The predicted octanol–water partition coefficient (Wildman–Crippen LogP) is 6.16. The number of oxime groups is 1. The Morgan fingerprint density at radius 3 is 2.50 bits per heavy atom. The molecule has 30 heavy (non-hydrogen) atoms. The van der Waals surface area contributed by atoms with Crippen LogP contribution in [-0.2, 0) is 15.2 Å². The number of carbonyl (C=O) groups excluding carboxylic acids is 2. The van der Waals surface area contributed by atoms with Gasteiger partial charge >= 0.3 is 0 Å². The van der Waals surface area contributed by atoms with E-state index in [1.54, 1.807) is 12.1 Å². The van der Waals surface area contributed by atoms with Gasteiger partial charge in [-0.05, 0) is 44.5 Å². The van der Waals surface area contributed by atoms with Crippen molar-refractivity contribution in [3.8, 4) is 0 Å². The van der Waals surface area contributed by atoms with Crippen molar-refractivity contribution < 1.29 is 14.4 Å². The standard InChI is InChI=1S/C21H21Cl3N2O3S/c1-4-25-18(28)6-5-16(27)20-11(2)7-17(30-20)15-10-21(3,29-26-15)12-8-13(22)19(24)14(23)9-12/h7-9H,4-6,10H2,1-3H3,(H,25,28)/t21-/m0/s1. The number of ketones is 1. The van der Waals surface area contributed by atoms with E-state index in [-0.39, 0.29) is 24.5 Å². The topological polar surface area (TPSA) is 67.8 Å². The van der Waals surface area contributed by atoms with Crippen LogP contribution >= 0.6 is 46.1 Å². The summed E-state index contributed by atoms with van der Waals surface area (Å²) in [5.41, 5.74) is 1.64. The molecule has 0 bridgehead atoms. The van der Waals surface area contributed by atoms with Crippen molar-refractivity contribution in [2.24, 2.45) is 5.16 Å². The quantitative estimate of drug-likeness (QED) is 0.376. The highest BCUT2D eigenvalue weighted by atomic mass is 35.5. The Hall–Kier alpha value is -1.60. The monoisotopic (exact) mass is 486 g/mol. The number of hydrogen-bond donors (Lipinski definition) is 1. The maximum atomic E-state index is 12.6. The first-order valence-corrected chi connectivity index (χ1v) is 11.4. The fourth-order valence-electron chi connectivity index (χ4n) is 3.21. The molecule has 0 unspecified atom stereocenters. The van der Waals surface area contributed by atoms with Crippen LogP contribution < -0.4 is 5.32 Å². The highest BCUT2D eigenvalue weighted by molar-refractivity contribution is 7.16. The van der Waals surface area contributed by atoms with Gasteiger partial charge in [0.15, 0.2) is 11.4 Å². The summed E-state index contributed by atoms with van der Waals surface area (Å²) in [6, 6.07) is 5.38. The number of rotatable bonds is 7. The molecule has 1 aromatic heterocycles. The second-order valence-corrected chi connectivity index (χ2v) is 9.53. The third-order valence-corrected chi connectivity index (χ3v) is 7.39. The van der Waals surface area contributed by atoms with Crippen molar-refractivity contribution in [2.45, 2.75) is 45.6 Å². The number of thiophene rings is 1. The summed E-state index contributed by atoms with van der Waals surface area (Å²) >= 11 is 19.8.